The number of rotatable bonds is 8. The van der Waals surface area contributed by atoms with E-state index in [0.717, 1.165) is 38.8 Å². The number of likely N-dealkylation sites (tertiary alicyclic amines) is 1. The molecule has 0 aliphatic carbocycles. The fraction of sp³-hybridized carbons (Fsp3) is 0.933. The quantitative estimate of drug-likeness (QED) is 0.701. The van der Waals surface area contributed by atoms with Gasteiger partial charge >= 0.3 is 0 Å². The van der Waals surface area contributed by atoms with E-state index in [2.05, 4.69) is 13.8 Å². The van der Waals surface area contributed by atoms with Gasteiger partial charge in [0.15, 0.2) is 0 Å². The van der Waals surface area contributed by atoms with Crippen molar-refractivity contribution in [3.05, 3.63) is 0 Å². The van der Waals surface area contributed by atoms with Gasteiger partial charge in [0.2, 0.25) is 5.91 Å². The lowest BCUT2D eigenvalue weighted by atomic mass is 9.84. The summed E-state index contributed by atoms with van der Waals surface area (Å²) in [6.45, 7) is 7.01. The maximum Gasteiger partial charge on any atom is 0.222 e. The number of carbonyl (C=O) groups excluding carboxylic acids is 1. The lowest BCUT2D eigenvalue weighted by Crippen LogP contribution is -2.41. The second kappa shape index (κ2) is 8.60. The highest BCUT2D eigenvalue weighted by Crippen LogP contribution is 2.26. The molecule has 20 heavy (non-hydrogen) atoms. The molecule has 0 aromatic carbocycles. The smallest absolute Gasteiger partial charge is 0.222 e. The summed E-state index contributed by atoms with van der Waals surface area (Å²) >= 11 is 0. The minimum Gasteiger partial charge on any atom is -0.394 e. The Hall–Kier alpha value is -0.650. The Bertz CT molecular complexity index is 287. The summed E-state index contributed by atoms with van der Waals surface area (Å²) in [6, 6.07) is 0. The number of hydrogen-bond acceptors (Lipinski definition) is 4. The molecule has 0 saturated carbocycles. The van der Waals surface area contributed by atoms with Crippen LogP contribution in [-0.2, 0) is 9.53 Å². The molecule has 0 bridgehead atoms. The van der Waals surface area contributed by atoms with Gasteiger partial charge in [0, 0.05) is 19.5 Å². The molecule has 1 heterocycles. The lowest BCUT2D eigenvalue weighted by Gasteiger charge is -2.33. The monoisotopic (exact) mass is 286 g/mol. The highest BCUT2D eigenvalue weighted by molar-refractivity contribution is 5.76. The van der Waals surface area contributed by atoms with Crippen LogP contribution in [0.5, 0.6) is 0 Å². The SMILES string of the molecule is CC(C)(CCN)CCC(=O)N1CCC(OCCO)CC1. The number of nitrogens with two attached hydrogens (primary N) is 1. The molecule has 0 atom stereocenters. The van der Waals surface area contributed by atoms with Crippen molar-refractivity contribution in [1.29, 1.82) is 0 Å². The maximum absolute atomic E-state index is 12.2. The first-order valence-corrected chi connectivity index (χ1v) is 7.69. The highest BCUT2D eigenvalue weighted by Gasteiger charge is 2.25. The van der Waals surface area contributed by atoms with Crippen molar-refractivity contribution >= 4 is 5.91 Å². The number of amides is 1. The molecule has 5 nitrogen and oxygen atoms in total. The minimum atomic E-state index is 0.0649. The zero-order valence-corrected chi connectivity index (χ0v) is 12.9. The van der Waals surface area contributed by atoms with Crippen LogP contribution in [0.15, 0.2) is 0 Å². The van der Waals surface area contributed by atoms with Crippen LogP contribution in [0, 0.1) is 5.41 Å². The van der Waals surface area contributed by atoms with Gasteiger partial charge in [-0.25, -0.2) is 0 Å². The van der Waals surface area contributed by atoms with Crippen molar-refractivity contribution in [2.75, 3.05) is 32.8 Å². The first-order valence-electron chi connectivity index (χ1n) is 7.69. The molecule has 118 valence electrons. The number of carbonyl (C=O) groups is 1. The molecular formula is C15H30N2O3. The van der Waals surface area contributed by atoms with E-state index in [1.54, 1.807) is 0 Å². The molecule has 1 saturated heterocycles. The number of hydrogen-bond donors (Lipinski definition) is 2. The fourth-order valence-electron chi connectivity index (χ4n) is 2.61. The van der Waals surface area contributed by atoms with Crippen molar-refractivity contribution in [1.82, 2.24) is 4.90 Å². The molecule has 1 fully saturated rings. The van der Waals surface area contributed by atoms with Gasteiger partial charge in [0.05, 0.1) is 19.3 Å². The standard InChI is InChI=1S/C15H30N2O3/c1-15(2,7-8-16)6-3-14(19)17-9-4-13(5-10-17)20-12-11-18/h13,18H,3-12,16H2,1-2H3. The Morgan fingerprint density at radius 2 is 2.00 bits per heavy atom. The van der Waals surface area contributed by atoms with E-state index in [9.17, 15) is 4.79 Å². The topological polar surface area (TPSA) is 75.8 Å². The molecule has 1 rings (SSSR count). The van der Waals surface area contributed by atoms with E-state index < -0.39 is 0 Å². The van der Waals surface area contributed by atoms with Gasteiger partial charge in [0.25, 0.3) is 0 Å². The van der Waals surface area contributed by atoms with E-state index in [-0.39, 0.29) is 24.0 Å². The summed E-state index contributed by atoms with van der Waals surface area (Å²) in [7, 11) is 0. The highest BCUT2D eigenvalue weighted by atomic mass is 16.5. The first kappa shape index (κ1) is 17.4. The molecule has 3 N–H and O–H groups in total. The maximum atomic E-state index is 12.2. The van der Waals surface area contributed by atoms with Gasteiger partial charge in [-0.3, -0.25) is 4.79 Å². The van der Waals surface area contributed by atoms with Crippen LogP contribution in [0.25, 0.3) is 0 Å². The molecule has 1 amide bonds. The summed E-state index contributed by atoms with van der Waals surface area (Å²) in [4.78, 5) is 14.1. The van der Waals surface area contributed by atoms with Gasteiger partial charge in [-0.15, -0.1) is 0 Å². The Labute approximate surface area is 122 Å². The van der Waals surface area contributed by atoms with Crippen LogP contribution in [-0.4, -0.2) is 54.9 Å². The summed E-state index contributed by atoms with van der Waals surface area (Å²) in [6.07, 6.45) is 4.40. The normalized spacial score (nSPS) is 17.5. The van der Waals surface area contributed by atoms with Crippen LogP contribution in [0.1, 0.15) is 46.0 Å². The third-order valence-electron chi connectivity index (χ3n) is 4.08. The Kier molecular flexibility index (Phi) is 7.48. The van der Waals surface area contributed by atoms with Gasteiger partial charge in [-0.05, 0) is 37.6 Å². The van der Waals surface area contributed by atoms with Crippen molar-refractivity contribution in [3.63, 3.8) is 0 Å². The predicted octanol–water partition coefficient (Wildman–Crippen LogP) is 1.14. The number of ether oxygens (including phenoxy) is 1. The van der Waals surface area contributed by atoms with Crippen LogP contribution < -0.4 is 5.73 Å². The minimum absolute atomic E-state index is 0.0649. The number of aliphatic hydroxyl groups is 1. The van der Waals surface area contributed by atoms with Crippen LogP contribution in [0.3, 0.4) is 0 Å². The largest absolute Gasteiger partial charge is 0.394 e. The zero-order valence-electron chi connectivity index (χ0n) is 12.9. The lowest BCUT2D eigenvalue weighted by molar-refractivity contribution is -0.134. The summed E-state index contributed by atoms with van der Waals surface area (Å²) in [5, 5.41) is 8.73. The van der Waals surface area contributed by atoms with Crippen molar-refractivity contribution < 1.29 is 14.6 Å². The van der Waals surface area contributed by atoms with Gasteiger partial charge < -0.3 is 20.5 Å². The fourth-order valence-corrected chi connectivity index (χ4v) is 2.61. The molecular weight excluding hydrogens is 256 g/mol. The van der Waals surface area contributed by atoms with Crippen LogP contribution in [0.2, 0.25) is 0 Å². The molecule has 1 aliphatic heterocycles. The Morgan fingerprint density at radius 3 is 2.55 bits per heavy atom. The number of aliphatic hydroxyl groups excluding tert-OH is 1. The summed E-state index contributed by atoms with van der Waals surface area (Å²) in [5.74, 6) is 0.246. The van der Waals surface area contributed by atoms with Crippen LogP contribution in [0.4, 0.5) is 0 Å². The molecule has 0 aromatic heterocycles. The van der Waals surface area contributed by atoms with Gasteiger partial charge in [-0.2, -0.15) is 0 Å². The van der Waals surface area contributed by atoms with Crippen LogP contribution >= 0.6 is 0 Å². The summed E-state index contributed by atoms with van der Waals surface area (Å²) in [5.41, 5.74) is 5.74. The zero-order chi connectivity index (χ0) is 15.0. The van der Waals surface area contributed by atoms with E-state index in [1.807, 2.05) is 4.90 Å². The summed E-state index contributed by atoms with van der Waals surface area (Å²) < 4.78 is 5.50. The third kappa shape index (κ3) is 6.20. The molecule has 5 heteroatoms. The molecule has 0 spiro atoms. The number of nitrogens with zero attached hydrogens (tertiary/aromatic N) is 1. The molecule has 0 radical (unpaired) electrons. The second-order valence-electron chi connectivity index (χ2n) is 6.38. The average Bonchev–Trinajstić information content (AvgIpc) is 2.43. The molecule has 0 aromatic rings. The van der Waals surface area contributed by atoms with E-state index in [4.69, 9.17) is 15.6 Å². The van der Waals surface area contributed by atoms with E-state index in [0.29, 0.717) is 19.6 Å². The van der Waals surface area contributed by atoms with Gasteiger partial charge in [-0.1, -0.05) is 13.8 Å². The Morgan fingerprint density at radius 1 is 1.35 bits per heavy atom. The third-order valence-corrected chi connectivity index (χ3v) is 4.08. The number of piperidine rings is 1. The molecule has 1 aliphatic rings. The van der Waals surface area contributed by atoms with Gasteiger partial charge in [0.1, 0.15) is 0 Å². The van der Waals surface area contributed by atoms with Crippen molar-refractivity contribution in [2.24, 2.45) is 11.1 Å². The van der Waals surface area contributed by atoms with Crippen molar-refractivity contribution in [2.45, 2.75) is 52.1 Å². The van der Waals surface area contributed by atoms with Crippen molar-refractivity contribution in [3.8, 4) is 0 Å². The van der Waals surface area contributed by atoms with E-state index in [1.165, 1.54) is 0 Å². The predicted molar refractivity (Wildman–Crippen MR) is 79.3 cm³/mol. The average molecular weight is 286 g/mol. The second-order valence-corrected chi connectivity index (χ2v) is 6.38. The first-order chi connectivity index (χ1) is 9.48. The molecule has 0 unspecified atom stereocenters. The van der Waals surface area contributed by atoms with E-state index >= 15 is 0 Å². The Balaban J connectivity index is 2.25.